The molecule has 1 aromatic carbocycles. The maximum Gasteiger partial charge on any atom is 0.253 e. The largest absolute Gasteiger partial charge is 0.353 e. The molecule has 3 rings (SSSR count). The van der Waals surface area contributed by atoms with E-state index >= 15 is 0 Å². The molecule has 7 nitrogen and oxygen atoms in total. The molecule has 1 aliphatic heterocycles. The molecule has 0 atom stereocenters. The van der Waals surface area contributed by atoms with Gasteiger partial charge in [-0.2, -0.15) is 0 Å². The molecule has 0 bridgehead atoms. The van der Waals surface area contributed by atoms with Crippen LogP contribution in [0.4, 0.5) is 5.69 Å². The topological polar surface area (TPSA) is 95.6 Å². The summed E-state index contributed by atoms with van der Waals surface area (Å²) in [6, 6.07) is 6.80. The second kappa shape index (κ2) is 8.94. The first-order valence-corrected chi connectivity index (χ1v) is 11.7. The fourth-order valence-corrected chi connectivity index (χ4v) is 4.49. The molecule has 1 aromatic rings. The lowest BCUT2D eigenvalue weighted by atomic mass is 9.95. The van der Waals surface area contributed by atoms with Crippen molar-refractivity contribution in [3.63, 3.8) is 0 Å². The minimum atomic E-state index is -3.33. The highest BCUT2D eigenvalue weighted by molar-refractivity contribution is 7.92. The molecule has 2 N–H and O–H groups in total. The van der Waals surface area contributed by atoms with Crippen molar-refractivity contribution in [3.05, 3.63) is 29.8 Å². The van der Waals surface area contributed by atoms with E-state index in [2.05, 4.69) is 10.0 Å². The van der Waals surface area contributed by atoms with Crippen LogP contribution in [0.1, 0.15) is 55.8 Å². The van der Waals surface area contributed by atoms with Gasteiger partial charge in [0.15, 0.2) is 0 Å². The van der Waals surface area contributed by atoms with Crippen molar-refractivity contribution < 1.29 is 18.0 Å². The molecule has 0 radical (unpaired) electrons. The number of anilines is 1. The molecular weight excluding hydrogens is 378 g/mol. The quantitative estimate of drug-likeness (QED) is 0.757. The van der Waals surface area contributed by atoms with E-state index in [0.29, 0.717) is 43.2 Å². The van der Waals surface area contributed by atoms with Gasteiger partial charge in [-0.3, -0.25) is 14.3 Å². The van der Waals surface area contributed by atoms with E-state index in [1.54, 1.807) is 36.1 Å². The smallest absolute Gasteiger partial charge is 0.253 e. The van der Waals surface area contributed by atoms with Crippen LogP contribution in [0.25, 0.3) is 0 Å². The van der Waals surface area contributed by atoms with Crippen LogP contribution in [0.5, 0.6) is 0 Å². The van der Waals surface area contributed by atoms with Crippen LogP contribution in [0.15, 0.2) is 24.3 Å². The Hall–Kier alpha value is -2.09. The van der Waals surface area contributed by atoms with Gasteiger partial charge in [0.05, 0.1) is 5.75 Å². The third-order valence-electron chi connectivity index (χ3n) is 5.64. The number of nitrogens with zero attached hydrogens (tertiary/aromatic N) is 1. The Kier molecular flexibility index (Phi) is 6.59. The van der Waals surface area contributed by atoms with Gasteiger partial charge in [-0.1, -0.05) is 12.8 Å². The van der Waals surface area contributed by atoms with E-state index in [9.17, 15) is 18.0 Å². The van der Waals surface area contributed by atoms with Crippen molar-refractivity contribution in [1.29, 1.82) is 0 Å². The Bertz CT molecular complexity index is 793. The SMILES string of the molecule is CCS(=O)(=O)Nc1ccc(C(=O)N2CCC(C(=O)NC3CCCC3)CC2)cc1. The average molecular weight is 408 g/mol. The van der Waals surface area contributed by atoms with Gasteiger partial charge in [-0.25, -0.2) is 8.42 Å². The van der Waals surface area contributed by atoms with Gasteiger partial charge in [0.2, 0.25) is 15.9 Å². The zero-order valence-electron chi connectivity index (χ0n) is 16.3. The fraction of sp³-hybridized carbons (Fsp3) is 0.600. The summed E-state index contributed by atoms with van der Waals surface area (Å²) in [5.41, 5.74) is 0.967. The molecule has 1 saturated heterocycles. The molecule has 28 heavy (non-hydrogen) atoms. The highest BCUT2D eigenvalue weighted by Gasteiger charge is 2.29. The van der Waals surface area contributed by atoms with E-state index in [4.69, 9.17) is 0 Å². The zero-order valence-corrected chi connectivity index (χ0v) is 17.1. The summed E-state index contributed by atoms with van der Waals surface area (Å²) < 4.78 is 25.7. The molecule has 0 aromatic heterocycles. The maximum absolute atomic E-state index is 12.7. The number of carbonyl (C=O) groups excluding carboxylic acids is 2. The average Bonchev–Trinajstić information content (AvgIpc) is 3.21. The summed E-state index contributed by atoms with van der Waals surface area (Å²) in [5, 5.41) is 3.16. The number of nitrogens with one attached hydrogen (secondary N) is 2. The monoisotopic (exact) mass is 407 g/mol. The van der Waals surface area contributed by atoms with Gasteiger partial charge < -0.3 is 10.2 Å². The molecule has 2 fully saturated rings. The third-order valence-corrected chi connectivity index (χ3v) is 6.95. The summed E-state index contributed by atoms with van der Waals surface area (Å²) in [4.78, 5) is 26.9. The van der Waals surface area contributed by atoms with Crippen LogP contribution >= 0.6 is 0 Å². The van der Waals surface area contributed by atoms with Crippen LogP contribution in [-0.4, -0.2) is 50.0 Å². The Labute approximate surface area is 166 Å². The highest BCUT2D eigenvalue weighted by atomic mass is 32.2. The van der Waals surface area contributed by atoms with E-state index in [1.807, 2.05) is 0 Å². The lowest BCUT2D eigenvalue weighted by molar-refractivity contribution is -0.127. The summed E-state index contributed by atoms with van der Waals surface area (Å²) in [7, 11) is -3.33. The Morgan fingerprint density at radius 1 is 1.04 bits per heavy atom. The zero-order chi connectivity index (χ0) is 20.1. The van der Waals surface area contributed by atoms with E-state index in [1.165, 1.54) is 12.8 Å². The molecule has 154 valence electrons. The van der Waals surface area contributed by atoms with Crippen molar-refractivity contribution in [2.75, 3.05) is 23.6 Å². The molecule has 8 heteroatoms. The minimum Gasteiger partial charge on any atom is -0.353 e. The van der Waals surface area contributed by atoms with Crippen LogP contribution < -0.4 is 10.0 Å². The van der Waals surface area contributed by atoms with E-state index in [0.717, 1.165) is 12.8 Å². The number of likely N-dealkylation sites (tertiary alicyclic amines) is 1. The van der Waals surface area contributed by atoms with Crippen LogP contribution in [0, 0.1) is 5.92 Å². The normalized spacial score (nSPS) is 18.8. The second-order valence-corrected chi connectivity index (χ2v) is 9.65. The van der Waals surface area contributed by atoms with Crippen LogP contribution in [0.3, 0.4) is 0 Å². The number of benzene rings is 1. The van der Waals surface area contributed by atoms with Gasteiger partial charge in [-0.05, 0) is 56.9 Å². The second-order valence-electron chi connectivity index (χ2n) is 7.64. The molecule has 1 saturated carbocycles. The number of rotatable bonds is 6. The van der Waals surface area contributed by atoms with E-state index in [-0.39, 0.29) is 23.5 Å². The van der Waals surface area contributed by atoms with Crippen molar-refractivity contribution in [1.82, 2.24) is 10.2 Å². The number of sulfonamides is 1. The van der Waals surface area contributed by atoms with Gasteiger partial charge in [-0.15, -0.1) is 0 Å². The van der Waals surface area contributed by atoms with Crippen molar-refractivity contribution >= 4 is 27.5 Å². The van der Waals surface area contributed by atoms with E-state index < -0.39 is 10.0 Å². The minimum absolute atomic E-state index is 0.00303. The first kappa shape index (κ1) is 20.6. The lowest BCUT2D eigenvalue weighted by Crippen LogP contribution is -2.44. The summed E-state index contributed by atoms with van der Waals surface area (Å²) in [6.07, 6.45) is 5.89. The standard InChI is InChI=1S/C20H29N3O4S/c1-2-28(26,27)22-18-9-7-16(8-10-18)20(25)23-13-11-15(12-14-23)19(24)21-17-5-3-4-6-17/h7-10,15,17,22H,2-6,11-14H2,1H3,(H,21,24). The lowest BCUT2D eigenvalue weighted by Gasteiger charge is -2.32. The molecule has 1 aliphatic carbocycles. The Balaban J connectivity index is 1.51. The number of hydrogen-bond acceptors (Lipinski definition) is 4. The van der Waals surface area contributed by atoms with Crippen LogP contribution in [0.2, 0.25) is 0 Å². The van der Waals surface area contributed by atoms with Crippen molar-refractivity contribution in [2.45, 2.75) is 51.5 Å². The molecule has 0 unspecified atom stereocenters. The first-order valence-electron chi connectivity index (χ1n) is 10.1. The number of amides is 2. The maximum atomic E-state index is 12.7. The number of carbonyl (C=O) groups is 2. The number of hydrogen-bond donors (Lipinski definition) is 2. The third kappa shape index (κ3) is 5.25. The molecule has 2 aliphatic rings. The van der Waals surface area contributed by atoms with Gasteiger partial charge in [0.1, 0.15) is 0 Å². The molecular formula is C20H29N3O4S. The van der Waals surface area contributed by atoms with Gasteiger partial charge in [0, 0.05) is 36.3 Å². The first-order chi connectivity index (χ1) is 13.4. The Morgan fingerprint density at radius 2 is 1.64 bits per heavy atom. The molecule has 0 spiro atoms. The molecule has 1 heterocycles. The summed E-state index contributed by atoms with van der Waals surface area (Å²) in [5.74, 6) is 0.0262. The highest BCUT2D eigenvalue weighted by Crippen LogP contribution is 2.23. The fourth-order valence-electron chi connectivity index (χ4n) is 3.85. The summed E-state index contributed by atoms with van der Waals surface area (Å²) in [6.45, 7) is 2.69. The Morgan fingerprint density at radius 3 is 2.21 bits per heavy atom. The van der Waals surface area contributed by atoms with Crippen molar-refractivity contribution in [3.8, 4) is 0 Å². The summed E-state index contributed by atoms with van der Waals surface area (Å²) >= 11 is 0. The number of piperidine rings is 1. The molecule has 2 amide bonds. The van der Waals surface area contributed by atoms with Crippen molar-refractivity contribution in [2.24, 2.45) is 5.92 Å². The van der Waals surface area contributed by atoms with Crippen LogP contribution in [-0.2, 0) is 14.8 Å². The predicted octanol–water partition coefficient (Wildman–Crippen LogP) is 2.36. The van der Waals surface area contributed by atoms with Gasteiger partial charge >= 0.3 is 0 Å². The van der Waals surface area contributed by atoms with Gasteiger partial charge in [0.25, 0.3) is 5.91 Å². The predicted molar refractivity (Wildman–Crippen MR) is 109 cm³/mol.